The second-order valence-corrected chi connectivity index (χ2v) is 16.3. The number of hydrogen-bond acceptors (Lipinski definition) is 7. The summed E-state index contributed by atoms with van der Waals surface area (Å²) in [5.41, 5.74) is 6.21. The molecule has 0 atom stereocenters. The quantitative estimate of drug-likeness (QED) is 0.137. The summed E-state index contributed by atoms with van der Waals surface area (Å²) in [6.45, 7) is 23.6. The number of nitrogens with zero attached hydrogens (tertiary/aromatic N) is 3. The number of oxime groups is 1. The number of hydrogen-bond donors (Lipinski definition) is 1. The smallest absolute Gasteiger partial charge is 0.308 e. The molecule has 0 amide bonds. The Hall–Kier alpha value is -3.50. The van der Waals surface area contributed by atoms with Crippen LogP contribution in [0.4, 0.5) is 0 Å². The van der Waals surface area contributed by atoms with Gasteiger partial charge in [0.15, 0.2) is 0 Å². The number of aromatic nitrogens is 2. The van der Waals surface area contributed by atoms with E-state index >= 15 is 0 Å². The minimum Gasteiger partial charge on any atom is -0.464 e. The number of esters is 1. The lowest BCUT2D eigenvalue weighted by atomic mass is 9.84. The molecule has 50 heavy (non-hydrogen) atoms. The van der Waals surface area contributed by atoms with Gasteiger partial charge < -0.3 is 14.1 Å². The van der Waals surface area contributed by atoms with E-state index in [0.717, 1.165) is 35.6 Å². The van der Waals surface area contributed by atoms with Gasteiger partial charge in [-0.15, -0.1) is 0 Å². The van der Waals surface area contributed by atoms with Gasteiger partial charge in [0.05, 0.1) is 24.0 Å². The standard InChI is InChI=1S/C16H15NO.C9H14N2O2.C7H16.C6H13NO2S.2CH4/c1-11(2)18-17-16-14-9-5-3-7-12(14)13-8-4-6-10-15(13)16;1-8(2)9(12)13-6-5-11-4-3-10-7-11;1-6(2)7(3,4)5;1-5(2)7-10(8,9)6-3-4-6;;/h3-11H,1-2H3;3-4,7-8H,5-6H2,1-2H3;6H,1-5H3;5-7H,3-4H2,1-2H3;2*1H4. The van der Waals surface area contributed by atoms with Crippen molar-refractivity contribution >= 4 is 21.7 Å². The number of nitrogens with one attached hydrogen (secondary N) is 1. The van der Waals surface area contributed by atoms with Crippen LogP contribution >= 0.6 is 0 Å². The zero-order valence-corrected chi connectivity index (χ0v) is 31.7. The zero-order chi connectivity index (χ0) is 36.1. The van der Waals surface area contributed by atoms with Crippen LogP contribution in [0.2, 0.25) is 0 Å². The van der Waals surface area contributed by atoms with Gasteiger partial charge in [0, 0.05) is 29.6 Å². The first-order valence-corrected chi connectivity index (χ1v) is 18.5. The van der Waals surface area contributed by atoms with Gasteiger partial charge in [-0.2, -0.15) is 0 Å². The van der Waals surface area contributed by atoms with E-state index in [2.05, 4.69) is 85.9 Å². The van der Waals surface area contributed by atoms with Gasteiger partial charge in [0.1, 0.15) is 18.4 Å². The third kappa shape index (κ3) is 16.0. The lowest BCUT2D eigenvalue weighted by molar-refractivity contribution is -0.147. The first-order chi connectivity index (χ1) is 22.4. The van der Waals surface area contributed by atoms with Gasteiger partial charge in [-0.25, -0.2) is 18.1 Å². The normalized spacial score (nSPS) is 12.9. The second kappa shape index (κ2) is 21.7. The Morgan fingerprint density at radius 1 is 0.900 bits per heavy atom. The third-order valence-electron chi connectivity index (χ3n) is 7.73. The SMILES string of the molecule is C.C.CC(C)C(=O)OCCn1ccnc1.CC(C)C(C)(C)C.CC(C)NS(=O)(=O)C1CC1.CC(C)ON=C1c2ccccc2-c2ccccc21. The summed E-state index contributed by atoms with van der Waals surface area (Å²) in [7, 11) is -2.94. The lowest BCUT2D eigenvalue weighted by Crippen LogP contribution is -2.32. The molecule has 0 saturated heterocycles. The van der Waals surface area contributed by atoms with Crippen molar-refractivity contribution in [3.63, 3.8) is 0 Å². The Morgan fingerprint density at radius 3 is 1.74 bits per heavy atom. The van der Waals surface area contributed by atoms with Crippen LogP contribution in [0.25, 0.3) is 11.1 Å². The predicted octanol–water partition coefficient (Wildman–Crippen LogP) is 9.36. The molecule has 1 N–H and O–H groups in total. The maximum absolute atomic E-state index is 11.1. The lowest BCUT2D eigenvalue weighted by Gasteiger charge is -2.22. The highest BCUT2D eigenvalue weighted by Crippen LogP contribution is 2.36. The van der Waals surface area contributed by atoms with E-state index in [1.807, 2.05) is 64.4 Å². The molecular weight excluding hydrogens is 649 g/mol. The van der Waals surface area contributed by atoms with E-state index in [0.29, 0.717) is 18.6 Å². The molecule has 0 bridgehead atoms. The maximum Gasteiger partial charge on any atom is 0.308 e. The first kappa shape index (κ1) is 46.5. The number of sulfonamides is 1. The molecular formula is C40H66N4O5S. The van der Waals surface area contributed by atoms with Crippen molar-refractivity contribution in [1.29, 1.82) is 0 Å². The summed E-state index contributed by atoms with van der Waals surface area (Å²) < 4.78 is 31.6. The van der Waals surface area contributed by atoms with Gasteiger partial charge in [-0.3, -0.25) is 4.79 Å². The molecule has 1 heterocycles. The van der Waals surface area contributed by atoms with E-state index in [9.17, 15) is 13.2 Å². The van der Waals surface area contributed by atoms with Gasteiger partial charge in [0.25, 0.3) is 0 Å². The minimum atomic E-state index is -2.94. The summed E-state index contributed by atoms with van der Waals surface area (Å²) >= 11 is 0. The van der Waals surface area contributed by atoms with Crippen LogP contribution in [0, 0.1) is 17.3 Å². The predicted molar refractivity (Wildman–Crippen MR) is 210 cm³/mol. The molecule has 3 aromatic rings. The number of carbonyl (C=O) groups excluding carboxylic acids is 1. The number of fused-ring (bicyclic) bond motifs is 3. The minimum absolute atomic E-state index is 0. The van der Waals surface area contributed by atoms with E-state index in [1.54, 1.807) is 12.5 Å². The summed E-state index contributed by atoms with van der Waals surface area (Å²) in [5, 5.41) is 4.23. The number of imidazole rings is 1. The number of carbonyl (C=O) groups is 1. The molecule has 0 aliphatic heterocycles. The van der Waals surface area contributed by atoms with Crippen LogP contribution in [0.15, 0.2) is 72.4 Å². The Balaban J connectivity index is 0.000000669. The highest BCUT2D eigenvalue weighted by Gasteiger charge is 2.35. The molecule has 9 nitrogen and oxygen atoms in total. The van der Waals surface area contributed by atoms with Gasteiger partial charge in [-0.05, 0) is 63.0 Å². The Labute approximate surface area is 304 Å². The van der Waals surface area contributed by atoms with Crippen LogP contribution in [0.3, 0.4) is 0 Å². The van der Waals surface area contributed by atoms with Crippen LogP contribution < -0.4 is 4.72 Å². The van der Waals surface area contributed by atoms with E-state index in [1.165, 1.54) is 11.1 Å². The van der Waals surface area contributed by atoms with Crippen molar-refractivity contribution in [2.45, 2.75) is 128 Å². The Morgan fingerprint density at radius 2 is 1.38 bits per heavy atom. The van der Waals surface area contributed by atoms with E-state index in [-0.39, 0.29) is 44.1 Å². The monoisotopic (exact) mass is 714 g/mol. The van der Waals surface area contributed by atoms with Gasteiger partial charge >= 0.3 is 5.97 Å². The van der Waals surface area contributed by atoms with Crippen molar-refractivity contribution in [2.75, 3.05) is 6.61 Å². The molecule has 282 valence electrons. The molecule has 1 saturated carbocycles. The number of ether oxygens (including phenoxy) is 1. The van der Waals surface area contributed by atoms with Gasteiger partial charge in [-0.1, -0.05) is 117 Å². The van der Waals surface area contributed by atoms with Crippen LogP contribution in [-0.4, -0.2) is 53.7 Å². The van der Waals surface area contributed by atoms with E-state index in [4.69, 9.17) is 9.57 Å². The van der Waals surface area contributed by atoms with Crippen molar-refractivity contribution < 1.29 is 22.8 Å². The molecule has 2 aliphatic rings. The molecule has 2 aliphatic carbocycles. The molecule has 1 aromatic heterocycles. The fourth-order valence-electron chi connectivity index (χ4n) is 3.89. The van der Waals surface area contributed by atoms with Crippen molar-refractivity contribution in [3.05, 3.63) is 78.4 Å². The largest absolute Gasteiger partial charge is 0.464 e. The fraction of sp³-hybridized carbons (Fsp3) is 0.575. The highest BCUT2D eigenvalue weighted by atomic mass is 32.2. The number of rotatable bonds is 9. The zero-order valence-electron chi connectivity index (χ0n) is 30.9. The molecule has 2 aromatic carbocycles. The van der Waals surface area contributed by atoms with Crippen LogP contribution in [0.1, 0.15) is 115 Å². The van der Waals surface area contributed by atoms with Crippen LogP contribution in [0.5, 0.6) is 0 Å². The summed E-state index contributed by atoms with van der Waals surface area (Å²) in [5.74, 6) is 0.593. The summed E-state index contributed by atoms with van der Waals surface area (Å²) in [6, 6.07) is 16.7. The van der Waals surface area contributed by atoms with Crippen molar-refractivity contribution in [3.8, 4) is 11.1 Å². The Bertz CT molecular complexity index is 1490. The molecule has 0 unspecified atom stereocenters. The topological polar surface area (TPSA) is 112 Å². The molecule has 5 rings (SSSR count). The number of benzene rings is 2. The molecule has 1 fully saturated rings. The molecule has 10 heteroatoms. The van der Waals surface area contributed by atoms with Gasteiger partial charge in [0.2, 0.25) is 10.0 Å². The fourth-order valence-corrected chi connectivity index (χ4v) is 5.50. The highest BCUT2D eigenvalue weighted by molar-refractivity contribution is 7.90. The average Bonchev–Trinajstić information content (AvgIpc) is 3.66. The van der Waals surface area contributed by atoms with E-state index < -0.39 is 10.0 Å². The first-order valence-electron chi connectivity index (χ1n) is 17.0. The third-order valence-corrected chi connectivity index (χ3v) is 9.88. The van der Waals surface area contributed by atoms with Crippen molar-refractivity contribution in [2.24, 2.45) is 22.4 Å². The second-order valence-electron chi connectivity index (χ2n) is 14.3. The average molecular weight is 715 g/mol. The van der Waals surface area contributed by atoms with Crippen molar-refractivity contribution in [1.82, 2.24) is 14.3 Å². The van der Waals surface area contributed by atoms with Crippen LogP contribution in [-0.2, 0) is 30.9 Å². The summed E-state index contributed by atoms with van der Waals surface area (Å²) in [4.78, 5) is 20.3. The molecule has 0 spiro atoms. The maximum atomic E-state index is 11.1. The Kier molecular flexibility index (Phi) is 20.1. The molecule has 0 radical (unpaired) electrons. The summed E-state index contributed by atoms with van der Waals surface area (Å²) in [6.07, 6.45) is 7.00.